The lowest BCUT2D eigenvalue weighted by Gasteiger charge is -2.19. The van der Waals surface area contributed by atoms with E-state index in [2.05, 4.69) is 20.5 Å². The fraction of sp³-hybridized carbons (Fsp3) is 0.571. The Balaban J connectivity index is 1.52. The smallest absolute Gasteiger partial charge is 0.262 e. The minimum Gasteiger partial charge on any atom is -0.354 e. The SMILES string of the molecule is O=C(NC1CCN(c2ccccn2)C1)C1CC(F)(F)CN1. The van der Waals surface area contributed by atoms with Gasteiger partial charge in [0.15, 0.2) is 0 Å². The first-order valence-corrected chi connectivity index (χ1v) is 7.11. The van der Waals surface area contributed by atoms with Gasteiger partial charge in [-0.15, -0.1) is 0 Å². The van der Waals surface area contributed by atoms with Gasteiger partial charge in [0.2, 0.25) is 5.91 Å². The molecule has 2 fully saturated rings. The molecule has 2 N–H and O–H groups in total. The second kappa shape index (κ2) is 5.55. The molecular formula is C14H18F2N4O. The van der Waals surface area contributed by atoms with Crippen molar-refractivity contribution in [1.82, 2.24) is 15.6 Å². The molecule has 0 saturated carbocycles. The van der Waals surface area contributed by atoms with Crippen molar-refractivity contribution in [2.45, 2.75) is 30.8 Å². The maximum atomic E-state index is 13.1. The van der Waals surface area contributed by atoms with Crippen molar-refractivity contribution in [2.24, 2.45) is 0 Å². The molecule has 2 saturated heterocycles. The number of pyridine rings is 1. The summed E-state index contributed by atoms with van der Waals surface area (Å²) in [6.45, 7) is 1.04. The molecule has 3 rings (SSSR count). The van der Waals surface area contributed by atoms with E-state index in [1.165, 1.54) is 0 Å². The van der Waals surface area contributed by atoms with Crippen LogP contribution in [0.4, 0.5) is 14.6 Å². The third-order valence-electron chi connectivity index (χ3n) is 3.93. The average Bonchev–Trinajstić information content (AvgIpc) is 3.06. The molecule has 3 heterocycles. The molecule has 0 spiro atoms. The van der Waals surface area contributed by atoms with Gasteiger partial charge in [-0.1, -0.05) is 6.07 Å². The van der Waals surface area contributed by atoms with Gasteiger partial charge in [0.1, 0.15) is 5.82 Å². The number of carbonyl (C=O) groups excluding carboxylic acids is 1. The first kappa shape index (κ1) is 14.2. The predicted molar refractivity (Wildman–Crippen MR) is 74.4 cm³/mol. The van der Waals surface area contributed by atoms with Crippen molar-refractivity contribution in [3.05, 3.63) is 24.4 Å². The standard InChI is InChI=1S/C14H18F2N4O/c15-14(16)7-11(18-9-14)13(21)19-10-4-6-20(8-10)12-3-1-2-5-17-12/h1-3,5,10-11,18H,4,6-9H2,(H,19,21). The number of hydrogen-bond acceptors (Lipinski definition) is 4. The third-order valence-corrected chi connectivity index (χ3v) is 3.93. The first-order valence-electron chi connectivity index (χ1n) is 7.11. The molecule has 5 nitrogen and oxygen atoms in total. The van der Waals surface area contributed by atoms with Crippen molar-refractivity contribution in [3.8, 4) is 0 Å². The van der Waals surface area contributed by atoms with E-state index in [0.29, 0.717) is 6.54 Å². The van der Waals surface area contributed by atoms with Gasteiger partial charge in [-0.05, 0) is 18.6 Å². The molecule has 2 unspecified atom stereocenters. The lowest BCUT2D eigenvalue weighted by molar-refractivity contribution is -0.124. The van der Waals surface area contributed by atoms with E-state index in [1.54, 1.807) is 6.20 Å². The van der Waals surface area contributed by atoms with Crippen LogP contribution in [0.1, 0.15) is 12.8 Å². The van der Waals surface area contributed by atoms with Crippen LogP contribution < -0.4 is 15.5 Å². The van der Waals surface area contributed by atoms with Crippen molar-refractivity contribution in [3.63, 3.8) is 0 Å². The molecule has 0 bridgehead atoms. The van der Waals surface area contributed by atoms with E-state index in [0.717, 1.165) is 18.8 Å². The minimum absolute atomic E-state index is 0.0180. The van der Waals surface area contributed by atoms with E-state index < -0.39 is 24.9 Å². The predicted octanol–water partition coefficient (Wildman–Crippen LogP) is 0.774. The van der Waals surface area contributed by atoms with Crippen molar-refractivity contribution in [1.29, 1.82) is 0 Å². The highest BCUT2D eigenvalue weighted by Crippen LogP contribution is 2.25. The molecule has 0 radical (unpaired) electrons. The zero-order valence-electron chi connectivity index (χ0n) is 11.6. The molecule has 7 heteroatoms. The number of nitrogens with zero attached hydrogens (tertiary/aromatic N) is 2. The Morgan fingerprint density at radius 2 is 2.33 bits per heavy atom. The fourth-order valence-corrected chi connectivity index (χ4v) is 2.83. The largest absolute Gasteiger partial charge is 0.354 e. The molecule has 2 atom stereocenters. The Kier molecular flexibility index (Phi) is 3.75. The van der Waals surface area contributed by atoms with E-state index in [9.17, 15) is 13.6 Å². The number of amides is 1. The van der Waals surface area contributed by atoms with Gasteiger partial charge in [0.25, 0.3) is 5.92 Å². The molecule has 1 aromatic rings. The number of hydrogen-bond donors (Lipinski definition) is 2. The van der Waals surface area contributed by atoms with Gasteiger partial charge in [0, 0.05) is 31.7 Å². The number of rotatable bonds is 3. The summed E-state index contributed by atoms with van der Waals surface area (Å²) in [5.74, 6) is -2.24. The van der Waals surface area contributed by atoms with Crippen LogP contribution in [-0.4, -0.2) is 48.5 Å². The van der Waals surface area contributed by atoms with Crippen molar-refractivity contribution >= 4 is 11.7 Å². The van der Waals surface area contributed by atoms with Gasteiger partial charge in [-0.3, -0.25) is 10.1 Å². The highest BCUT2D eigenvalue weighted by atomic mass is 19.3. The summed E-state index contributed by atoms with van der Waals surface area (Å²) in [4.78, 5) is 18.3. The third kappa shape index (κ3) is 3.29. The van der Waals surface area contributed by atoms with Crippen LogP contribution in [0.5, 0.6) is 0 Å². The van der Waals surface area contributed by atoms with Crippen LogP contribution in [0.15, 0.2) is 24.4 Å². The zero-order chi connectivity index (χ0) is 14.9. The number of anilines is 1. The molecule has 2 aliphatic rings. The number of nitrogens with one attached hydrogen (secondary N) is 2. The highest BCUT2D eigenvalue weighted by molar-refractivity contribution is 5.82. The van der Waals surface area contributed by atoms with Crippen LogP contribution in [-0.2, 0) is 4.79 Å². The van der Waals surface area contributed by atoms with Gasteiger partial charge in [-0.25, -0.2) is 13.8 Å². The summed E-state index contributed by atoms with van der Waals surface area (Å²) in [6, 6.07) is 4.88. The molecule has 21 heavy (non-hydrogen) atoms. The Labute approximate surface area is 121 Å². The quantitative estimate of drug-likeness (QED) is 0.865. The molecule has 1 aromatic heterocycles. The minimum atomic E-state index is -2.78. The van der Waals surface area contributed by atoms with Gasteiger partial charge >= 0.3 is 0 Å². The van der Waals surface area contributed by atoms with Crippen molar-refractivity contribution in [2.75, 3.05) is 24.5 Å². The maximum absolute atomic E-state index is 13.1. The molecular weight excluding hydrogens is 278 g/mol. The fourth-order valence-electron chi connectivity index (χ4n) is 2.83. The second-order valence-electron chi connectivity index (χ2n) is 5.62. The Hall–Kier alpha value is -1.76. The summed E-state index contributed by atoms with van der Waals surface area (Å²) < 4.78 is 26.2. The summed E-state index contributed by atoms with van der Waals surface area (Å²) in [7, 11) is 0. The summed E-state index contributed by atoms with van der Waals surface area (Å²) >= 11 is 0. The van der Waals surface area contributed by atoms with Crippen LogP contribution in [0.25, 0.3) is 0 Å². The van der Waals surface area contributed by atoms with E-state index >= 15 is 0 Å². The van der Waals surface area contributed by atoms with Gasteiger partial charge in [-0.2, -0.15) is 0 Å². The van der Waals surface area contributed by atoms with Crippen LogP contribution in [0.2, 0.25) is 0 Å². The lowest BCUT2D eigenvalue weighted by atomic mass is 10.1. The van der Waals surface area contributed by atoms with Crippen LogP contribution >= 0.6 is 0 Å². The molecule has 0 aliphatic carbocycles. The lowest BCUT2D eigenvalue weighted by Crippen LogP contribution is -2.46. The Morgan fingerprint density at radius 3 is 3.00 bits per heavy atom. The van der Waals surface area contributed by atoms with E-state index in [4.69, 9.17) is 0 Å². The van der Waals surface area contributed by atoms with Crippen molar-refractivity contribution < 1.29 is 13.6 Å². The average molecular weight is 296 g/mol. The normalized spacial score (nSPS) is 27.8. The van der Waals surface area contributed by atoms with Gasteiger partial charge < -0.3 is 10.2 Å². The second-order valence-corrected chi connectivity index (χ2v) is 5.62. The molecule has 0 aromatic carbocycles. The Morgan fingerprint density at radius 1 is 1.48 bits per heavy atom. The topological polar surface area (TPSA) is 57.3 Å². The number of alkyl halides is 2. The number of aromatic nitrogens is 1. The van der Waals surface area contributed by atoms with Crippen LogP contribution in [0, 0.1) is 0 Å². The van der Waals surface area contributed by atoms with Gasteiger partial charge in [0.05, 0.1) is 12.6 Å². The van der Waals surface area contributed by atoms with Crippen LogP contribution in [0.3, 0.4) is 0 Å². The highest BCUT2D eigenvalue weighted by Gasteiger charge is 2.42. The maximum Gasteiger partial charge on any atom is 0.262 e. The first-order chi connectivity index (χ1) is 10.0. The van der Waals surface area contributed by atoms with E-state index in [-0.39, 0.29) is 11.9 Å². The number of carbonyl (C=O) groups is 1. The zero-order valence-corrected chi connectivity index (χ0v) is 11.6. The summed E-state index contributed by atoms with van der Waals surface area (Å²) in [5.41, 5.74) is 0. The molecule has 2 aliphatic heterocycles. The summed E-state index contributed by atoms with van der Waals surface area (Å²) in [6.07, 6.45) is 2.10. The summed E-state index contributed by atoms with van der Waals surface area (Å²) in [5, 5.41) is 5.43. The Bertz CT molecular complexity index is 511. The number of halogens is 2. The van der Waals surface area contributed by atoms with E-state index in [1.807, 2.05) is 18.2 Å². The molecule has 114 valence electrons. The molecule has 1 amide bonds. The monoisotopic (exact) mass is 296 g/mol.